The number of hydrogen-bond acceptors (Lipinski definition) is 4. The van der Waals surface area contributed by atoms with E-state index in [-0.39, 0.29) is 24.2 Å². The molecule has 2 heterocycles. The summed E-state index contributed by atoms with van der Waals surface area (Å²) in [6.07, 6.45) is 2.71. The Bertz CT molecular complexity index is 292. The minimum atomic E-state index is -0.251. The van der Waals surface area contributed by atoms with Gasteiger partial charge in [-0.2, -0.15) is 0 Å². The summed E-state index contributed by atoms with van der Waals surface area (Å²) in [4.78, 5) is 13.9. The first-order valence-electron chi connectivity index (χ1n) is 6.57. The van der Waals surface area contributed by atoms with Crippen molar-refractivity contribution in [1.29, 1.82) is 0 Å². The van der Waals surface area contributed by atoms with Crippen LogP contribution in [-0.4, -0.2) is 47.3 Å². The topological polar surface area (TPSA) is 49.8 Å². The Kier molecular flexibility index (Phi) is 3.73. The number of aliphatic hydroxyl groups excluding tert-OH is 1. The van der Waals surface area contributed by atoms with Gasteiger partial charge in [0, 0.05) is 31.3 Å². The van der Waals surface area contributed by atoms with Crippen molar-refractivity contribution in [3.8, 4) is 0 Å². The lowest BCUT2D eigenvalue weighted by atomic mass is 10.00. The second kappa shape index (κ2) is 4.94. The minimum Gasteiger partial charge on any atom is -0.462 e. The van der Waals surface area contributed by atoms with Crippen LogP contribution in [-0.2, 0) is 9.53 Å². The molecule has 2 bridgehead atoms. The van der Waals surface area contributed by atoms with Crippen LogP contribution < -0.4 is 0 Å². The van der Waals surface area contributed by atoms with E-state index in [1.54, 1.807) is 0 Å². The van der Waals surface area contributed by atoms with E-state index in [2.05, 4.69) is 11.9 Å². The molecule has 0 aromatic rings. The third-order valence-corrected chi connectivity index (χ3v) is 3.97. The SMILES string of the molecule is CC(C)CC(=O)O[C@H]1C[C@H]2C[C@H](O)[C@@H](C1)N2C. The van der Waals surface area contributed by atoms with Gasteiger partial charge in [0.25, 0.3) is 0 Å². The monoisotopic (exact) mass is 241 g/mol. The fourth-order valence-corrected chi connectivity index (χ4v) is 3.06. The molecule has 0 spiro atoms. The molecule has 4 nitrogen and oxygen atoms in total. The van der Waals surface area contributed by atoms with Crippen LogP contribution >= 0.6 is 0 Å². The Labute approximate surface area is 103 Å². The summed E-state index contributed by atoms with van der Waals surface area (Å²) in [5.74, 6) is 0.250. The van der Waals surface area contributed by atoms with Gasteiger partial charge in [-0.3, -0.25) is 9.69 Å². The van der Waals surface area contributed by atoms with Crippen LogP contribution in [0.4, 0.5) is 0 Å². The molecule has 4 atom stereocenters. The molecule has 0 aliphatic carbocycles. The summed E-state index contributed by atoms with van der Waals surface area (Å²) < 4.78 is 5.50. The van der Waals surface area contributed by atoms with Crippen molar-refractivity contribution in [3.63, 3.8) is 0 Å². The lowest BCUT2D eigenvalue weighted by Gasteiger charge is -2.36. The van der Waals surface area contributed by atoms with E-state index in [1.807, 2.05) is 13.8 Å². The van der Waals surface area contributed by atoms with E-state index < -0.39 is 0 Å². The summed E-state index contributed by atoms with van der Waals surface area (Å²) in [6, 6.07) is 0.547. The molecule has 2 saturated heterocycles. The quantitative estimate of drug-likeness (QED) is 0.754. The van der Waals surface area contributed by atoms with Crippen molar-refractivity contribution in [2.45, 2.75) is 63.8 Å². The summed E-state index contributed by atoms with van der Waals surface area (Å²) in [6.45, 7) is 4.03. The van der Waals surface area contributed by atoms with E-state index in [9.17, 15) is 9.90 Å². The molecule has 0 saturated carbocycles. The zero-order valence-corrected chi connectivity index (χ0v) is 10.9. The molecule has 0 aromatic heterocycles. The third kappa shape index (κ3) is 2.80. The minimum absolute atomic E-state index is 0.00426. The van der Waals surface area contributed by atoms with Gasteiger partial charge in [0.15, 0.2) is 0 Å². The average molecular weight is 241 g/mol. The van der Waals surface area contributed by atoms with E-state index in [0.717, 1.165) is 19.3 Å². The standard InChI is InChI=1S/C13H23NO3/c1-8(2)4-13(16)17-10-5-9-6-12(15)11(7-10)14(9)3/h8-12,15H,4-7H2,1-3H3/t9-,10-,11+,12-/m0/s1. The van der Waals surface area contributed by atoms with E-state index in [1.165, 1.54) is 0 Å². The zero-order valence-electron chi connectivity index (χ0n) is 10.9. The Morgan fingerprint density at radius 2 is 2.12 bits per heavy atom. The number of piperidine rings is 1. The molecule has 2 aliphatic rings. The fourth-order valence-electron chi connectivity index (χ4n) is 3.06. The van der Waals surface area contributed by atoms with Gasteiger partial charge in [0.1, 0.15) is 6.10 Å². The third-order valence-electron chi connectivity index (χ3n) is 3.97. The number of likely N-dealkylation sites (N-methyl/N-ethyl adjacent to an activating group) is 1. The fraction of sp³-hybridized carbons (Fsp3) is 0.923. The van der Waals surface area contributed by atoms with E-state index >= 15 is 0 Å². The maximum Gasteiger partial charge on any atom is 0.306 e. The maximum absolute atomic E-state index is 11.6. The largest absolute Gasteiger partial charge is 0.462 e. The van der Waals surface area contributed by atoms with E-state index in [4.69, 9.17) is 4.74 Å². The van der Waals surface area contributed by atoms with Crippen LogP contribution in [0.3, 0.4) is 0 Å². The van der Waals surface area contributed by atoms with Crippen LogP contribution in [0.5, 0.6) is 0 Å². The number of esters is 1. The summed E-state index contributed by atoms with van der Waals surface area (Å²) >= 11 is 0. The van der Waals surface area contributed by atoms with Crippen LogP contribution in [0.15, 0.2) is 0 Å². The van der Waals surface area contributed by atoms with Crippen molar-refractivity contribution in [2.75, 3.05) is 7.05 Å². The highest BCUT2D eigenvalue weighted by Crippen LogP contribution is 2.35. The highest BCUT2D eigenvalue weighted by atomic mass is 16.5. The highest BCUT2D eigenvalue weighted by molar-refractivity contribution is 5.69. The molecular formula is C13H23NO3. The molecule has 17 heavy (non-hydrogen) atoms. The van der Waals surface area contributed by atoms with Gasteiger partial charge >= 0.3 is 5.97 Å². The van der Waals surface area contributed by atoms with Crippen molar-refractivity contribution in [3.05, 3.63) is 0 Å². The number of nitrogens with zero attached hydrogens (tertiary/aromatic N) is 1. The number of carbonyl (C=O) groups excluding carboxylic acids is 1. The second-order valence-corrected chi connectivity index (χ2v) is 5.87. The summed E-state index contributed by atoms with van der Waals surface area (Å²) in [5.41, 5.74) is 0. The first-order valence-corrected chi connectivity index (χ1v) is 6.57. The molecule has 1 N–H and O–H groups in total. The molecule has 2 aliphatic heterocycles. The molecule has 0 aromatic carbocycles. The molecule has 98 valence electrons. The van der Waals surface area contributed by atoms with Gasteiger partial charge in [-0.1, -0.05) is 13.8 Å². The number of hydrogen-bond donors (Lipinski definition) is 1. The van der Waals surface area contributed by atoms with Gasteiger partial charge in [0.2, 0.25) is 0 Å². The lowest BCUT2D eigenvalue weighted by molar-refractivity contribution is -0.153. The lowest BCUT2D eigenvalue weighted by Crippen LogP contribution is -2.45. The van der Waals surface area contributed by atoms with Gasteiger partial charge < -0.3 is 9.84 Å². The van der Waals surface area contributed by atoms with Crippen LogP contribution in [0, 0.1) is 5.92 Å². The Balaban J connectivity index is 1.87. The summed E-state index contributed by atoms with van der Waals surface area (Å²) in [5, 5.41) is 9.88. The predicted octanol–water partition coefficient (Wildman–Crippen LogP) is 1.17. The number of fused-ring (bicyclic) bond motifs is 2. The predicted molar refractivity (Wildman–Crippen MR) is 64.5 cm³/mol. The average Bonchev–Trinajstić information content (AvgIpc) is 2.39. The molecule has 0 radical (unpaired) electrons. The number of aliphatic hydroxyl groups is 1. The van der Waals surface area contributed by atoms with Crippen molar-refractivity contribution in [1.82, 2.24) is 4.90 Å². The smallest absolute Gasteiger partial charge is 0.306 e. The molecule has 0 amide bonds. The highest BCUT2D eigenvalue weighted by Gasteiger charge is 2.45. The number of carbonyl (C=O) groups is 1. The molecule has 2 fully saturated rings. The Morgan fingerprint density at radius 1 is 1.41 bits per heavy atom. The first-order chi connectivity index (χ1) is 7.97. The molecule has 2 rings (SSSR count). The van der Waals surface area contributed by atoms with Crippen molar-refractivity contribution in [2.24, 2.45) is 5.92 Å². The molecular weight excluding hydrogens is 218 g/mol. The number of ether oxygens (including phenoxy) is 1. The Morgan fingerprint density at radius 3 is 2.71 bits per heavy atom. The zero-order chi connectivity index (χ0) is 12.6. The van der Waals surface area contributed by atoms with Gasteiger partial charge in [-0.05, 0) is 19.4 Å². The molecule has 0 unspecified atom stereocenters. The van der Waals surface area contributed by atoms with Crippen molar-refractivity contribution >= 4 is 5.97 Å². The van der Waals surface area contributed by atoms with Gasteiger partial charge in [-0.25, -0.2) is 0 Å². The maximum atomic E-state index is 11.6. The van der Waals surface area contributed by atoms with Gasteiger partial charge in [0.05, 0.1) is 6.10 Å². The molecule has 4 heteroatoms. The van der Waals surface area contributed by atoms with Crippen LogP contribution in [0.1, 0.15) is 39.5 Å². The van der Waals surface area contributed by atoms with Crippen molar-refractivity contribution < 1.29 is 14.6 Å². The second-order valence-electron chi connectivity index (χ2n) is 5.87. The number of rotatable bonds is 3. The van der Waals surface area contributed by atoms with E-state index in [0.29, 0.717) is 18.4 Å². The Hall–Kier alpha value is -0.610. The first kappa shape index (κ1) is 12.8. The summed E-state index contributed by atoms with van der Waals surface area (Å²) in [7, 11) is 2.05. The van der Waals surface area contributed by atoms with Crippen LogP contribution in [0.25, 0.3) is 0 Å². The normalized spacial score (nSPS) is 37.5. The van der Waals surface area contributed by atoms with Gasteiger partial charge in [-0.15, -0.1) is 0 Å². The van der Waals surface area contributed by atoms with Crippen LogP contribution in [0.2, 0.25) is 0 Å².